The van der Waals surface area contributed by atoms with Gasteiger partial charge in [0.25, 0.3) is 0 Å². The first kappa shape index (κ1) is 10.6. The van der Waals surface area contributed by atoms with Crippen molar-refractivity contribution in [1.29, 1.82) is 0 Å². The number of unbranched alkanes of at least 4 members (excludes halogenated alkanes) is 1. The zero-order valence-electron chi connectivity index (χ0n) is 7.94. The average Bonchev–Trinajstić information content (AvgIpc) is 2.18. The van der Waals surface area contributed by atoms with Gasteiger partial charge in [-0.05, 0) is 24.8 Å². The van der Waals surface area contributed by atoms with Crippen LogP contribution in [0.5, 0.6) is 0 Å². The Hall–Kier alpha value is -1.51. The van der Waals surface area contributed by atoms with Gasteiger partial charge in [-0.1, -0.05) is 30.3 Å². The highest BCUT2D eigenvalue weighted by Crippen LogP contribution is 2.04. The molecule has 0 N–H and O–H groups in total. The first-order valence-corrected chi connectivity index (χ1v) is 4.67. The Kier molecular flexibility index (Phi) is 4.55. The molecule has 3 heteroatoms. The lowest BCUT2D eigenvalue weighted by atomic mass is 10.1. The number of benzene rings is 1. The minimum atomic E-state index is -1.44. The predicted octanol–water partition coefficient (Wildman–Crippen LogP) is 2.58. The van der Waals surface area contributed by atoms with Crippen LogP contribution in [0, 0.1) is 0 Å². The molecule has 0 spiro atoms. The fraction of sp³-hybridized carbons (Fsp3) is 0.364. The third-order valence-corrected chi connectivity index (χ3v) is 1.92. The summed E-state index contributed by atoms with van der Waals surface area (Å²) in [6.45, 7) is 0.231. The number of ether oxygens (including phenoxy) is 1. The van der Waals surface area contributed by atoms with Gasteiger partial charge >= 0.3 is 6.16 Å². The molecule has 0 bridgehead atoms. The molecule has 0 aliphatic rings. The van der Waals surface area contributed by atoms with E-state index in [4.69, 9.17) is 0 Å². The SMILES string of the molecule is [O]C(=O)OCCCCc1ccccc1. The van der Waals surface area contributed by atoms with Crippen molar-refractivity contribution in [2.24, 2.45) is 0 Å². The summed E-state index contributed by atoms with van der Waals surface area (Å²) in [5.74, 6) is 0. The second-order valence-electron chi connectivity index (χ2n) is 3.04. The molecule has 1 aromatic rings. The van der Waals surface area contributed by atoms with Gasteiger partial charge in [-0.25, -0.2) is 0 Å². The van der Waals surface area contributed by atoms with E-state index >= 15 is 0 Å². The number of rotatable bonds is 5. The summed E-state index contributed by atoms with van der Waals surface area (Å²) in [7, 11) is 0. The molecule has 1 rings (SSSR count). The van der Waals surface area contributed by atoms with Crippen molar-refractivity contribution in [2.75, 3.05) is 6.61 Å². The standard InChI is InChI=1S/C11H13O3/c12-11(13)14-9-5-4-8-10-6-2-1-3-7-10/h1-3,6-7H,4-5,8-9H2. The fourth-order valence-electron chi connectivity index (χ4n) is 1.23. The highest BCUT2D eigenvalue weighted by Gasteiger charge is 1.98. The highest BCUT2D eigenvalue weighted by atomic mass is 16.7. The topological polar surface area (TPSA) is 46.2 Å². The Bertz CT molecular complexity index is 269. The van der Waals surface area contributed by atoms with Crippen LogP contribution in [0.1, 0.15) is 18.4 Å². The zero-order valence-corrected chi connectivity index (χ0v) is 7.94. The Labute approximate surface area is 83.3 Å². The largest absolute Gasteiger partial charge is 0.549 e. The van der Waals surface area contributed by atoms with E-state index in [0.29, 0.717) is 0 Å². The Morgan fingerprint density at radius 1 is 1.14 bits per heavy atom. The van der Waals surface area contributed by atoms with E-state index in [1.807, 2.05) is 18.2 Å². The summed E-state index contributed by atoms with van der Waals surface area (Å²) >= 11 is 0. The van der Waals surface area contributed by atoms with E-state index < -0.39 is 6.16 Å². The summed E-state index contributed by atoms with van der Waals surface area (Å²) in [5.41, 5.74) is 1.26. The molecule has 0 saturated carbocycles. The van der Waals surface area contributed by atoms with Crippen LogP contribution in [0.25, 0.3) is 0 Å². The van der Waals surface area contributed by atoms with Crippen molar-refractivity contribution < 1.29 is 14.6 Å². The molecule has 0 aliphatic heterocycles. The third kappa shape index (κ3) is 4.50. The molecule has 0 heterocycles. The van der Waals surface area contributed by atoms with Crippen LogP contribution < -0.4 is 0 Å². The van der Waals surface area contributed by atoms with E-state index in [9.17, 15) is 9.90 Å². The van der Waals surface area contributed by atoms with Gasteiger partial charge in [0, 0.05) is 0 Å². The zero-order chi connectivity index (χ0) is 10.2. The maximum absolute atomic E-state index is 9.90. The lowest BCUT2D eigenvalue weighted by molar-refractivity contribution is 0.0666. The molecule has 0 saturated heterocycles. The number of carbonyl (C=O) groups excluding carboxylic acids is 1. The predicted molar refractivity (Wildman–Crippen MR) is 51.4 cm³/mol. The molecule has 0 aliphatic carbocycles. The van der Waals surface area contributed by atoms with Gasteiger partial charge in [-0.2, -0.15) is 9.90 Å². The van der Waals surface area contributed by atoms with Crippen molar-refractivity contribution in [3.8, 4) is 0 Å². The number of aryl methyl sites for hydroxylation is 1. The van der Waals surface area contributed by atoms with E-state index in [1.165, 1.54) is 5.56 Å². The van der Waals surface area contributed by atoms with Gasteiger partial charge in [0.2, 0.25) is 0 Å². The minimum Gasteiger partial charge on any atom is -0.432 e. The van der Waals surface area contributed by atoms with E-state index in [0.717, 1.165) is 19.3 Å². The summed E-state index contributed by atoms with van der Waals surface area (Å²) < 4.78 is 4.29. The molecule has 3 nitrogen and oxygen atoms in total. The normalized spacial score (nSPS) is 9.71. The number of carbonyl (C=O) groups is 1. The van der Waals surface area contributed by atoms with Crippen molar-refractivity contribution in [2.45, 2.75) is 19.3 Å². The third-order valence-electron chi connectivity index (χ3n) is 1.92. The molecule has 1 aromatic carbocycles. The van der Waals surface area contributed by atoms with Crippen LogP contribution in [0.15, 0.2) is 30.3 Å². The lowest BCUT2D eigenvalue weighted by Gasteiger charge is -2.00. The lowest BCUT2D eigenvalue weighted by Crippen LogP contribution is -2.00. The molecule has 75 valence electrons. The van der Waals surface area contributed by atoms with E-state index in [2.05, 4.69) is 16.9 Å². The molecular formula is C11H13O3. The monoisotopic (exact) mass is 193 g/mol. The number of hydrogen-bond acceptors (Lipinski definition) is 2. The number of hydrogen-bond donors (Lipinski definition) is 0. The Morgan fingerprint density at radius 2 is 1.86 bits per heavy atom. The van der Waals surface area contributed by atoms with Crippen molar-refractivity contribution in [3.05, 3.63) is 35.9 Å². The van der Waals surface area contributed by atoms with Gasteiger partial charge in [0.1, 0.15) is 0 Å². The second kappa shape index (κ2) is 6.02. The smallest absolute Gasteiger partial charge is 0.432 e. The highest BCUT2D eigenvalue weighted by molar-refractivity contribution is 5.56. The Morgan fingerprint density at radius 3 is 2.50 bits per heavy atom. The van der Waals surface area contributed by atoms with E-state index in [-0.39, 0.29) is 6.61 Å². The molecule has 1 radical (unpaired) electrons. The average molecular weight is 193 g/mol. The van der Waals surface area contributed by atoms with E-state index in [1.54, 1.807) is 0 Å². The van der Waals surface area contributed by atoms with Crippen molar-refractivity contribution in [3.63, 3.8) is 0 Å². The van der Waals surface area contributed by atoms with Gasteiger partial charge in [-0.15, -0.1) is 0 Å². The molecule has 14 heavy (non-hydrogen) atoms. The maximum atomic E-state index is 9.90. The van der Waals surface area contributed by atoms with Crippen LogP contribution in [0.3, 0.4) is 0 Å². The second-order valence-corrected chi connectivity index (χ2v) is 3.04. The summed E-state index contributed by atoms with van der Waals surface area (Å²) in [5, 5.41) is 9.90. The minimum absolute atomic E-state index is 0.231. The first-order chi connectivity index (χ1) is 6.79. The van der Waals surface area contributed by atoms with Gasteiger partial charge in [0.05, 0.1) is 6.61 Å². The van der Waals surface area contributed by atoms with Gasteiger partial charge < -0.3 is 4.74 Å². The molecule has 0 atom stereocenters. The first-order valence-electron chi connectivity index (χ1n) is 4.67. The fourth-order valence-corrected chi connectivity index (χ4v) is 1.23. The van der Waals surface area contributed by atoms with Crippen molar-refractivity contribution in [1.82, 2.24) is 0 Å². The summed E-state index contributed by atoms with van der Waals surface area (Å²) in [6.07, 6.45) is 1.18. The van der Waals surface area contributed by atoms with Crippen LogP contribution >= 0.6 is 0 Å². The molecule has 0 amide bonds. The molecule has 0 unspecified atom stereocenters. The maximum Gasteiger partial charge on any atom is 0.549 e. The van der Waals surface area contributed by atoms with Gasteiger partial charge in [0.15, 0.2) is 0 Å². The van der Waals surface area contributed by atoms with Crippen LogP contribution in [-0.4, -0.2) is 12.8 Å². The van der Waals surface area contributed by atoms with Crippen molar-refractivity contribution >= 4 is 6.16 Å². The Balaban J connectivity index is 2.08. The molecular weight excluding hydrogens is 180 g/mol. The van der Waals surface area contributed by atoms with Gasteiger partial charge in [-0.3, -0.25) is 0 Å². The molecule has 0 fully saturated rings. The molecule has 0 aromatic heterocycles. The quantitative estimate of drug-likeness (QED) is 0.533. The van der Waals surface area contributed by atoms with Crippen LogP contribution in [-0.2, 0) is 16.3 Å². The van der Waals surface area contributed by atoms with Crippen LogP contribution in [0.4, 0.5) is 4.79 Å². The summed E-state index contributed by atoms with van der Waals surface area (Å²) in [6, 6.07) is 10.1. The van der Waals surface area contributed by atoms with Crippen LogP contribution in [0.2, 0.25) is 0 Å². The summed E-state index contributed by atoms with van der Waals surface area (Å²) in [4.78, 5) is 9.90.